The molecule has 1 aliphatic heterocycles. The molecule has 7 nitrogen and oxygen atoms in total. The first kappa shape index (κ1) is 18.5. The molecule has 0 atom stereocenters. The lowest BCUT2D eigenvalue weighted by Gasteiger charge is -2.34. The Balaban J connectivity index is 1.51. The normalized spacial score (nSPS) is 15.7. The van der Waals surface area contributed by atoms with E-state index < -0.39 is 4.92 Å². The number of anilines is 1. The smallest absolute Gasteiger partial charge is 0.293 e. The van der Waals surface area contributed by atoms with Gasteiger partial charge >= 0.3 is 0 Å². The number of aryl methyl sites for hydroxylation is 1. The molecule has 0 bridgehead atoms. The van der Waals surface area contributed by atoms with Gasteiger partial charge in [0.15, 0.2) is 0 Å². The third kappa shape index (κ3) is 4.66. The molecule has 0 saturated carbocycles. The largest absolute Gasteiger partial charge is 0.319 e. The molecule has 26 heavy (non-hydrogen) atoms. The number of carbonyl (C=O) groups is 1. The van der Waals surface area contributed by atoms with Crippen molar-refractivity contribution in [1.29, 1.82) is 0 Å². The number of carbonyl (C=O) groups excluding carboxylic acids is 1. The van der Waals surface area contributed by atoms with E-state index in [9.17, 15) is 14.9 Å². The number of thiophene rings is 1. The van der Waals surface area contributed by atoms with E-state index in [-0.39, 0.29) is 18.1 Å². The summed E-state index contributed by atoms with van der Waals surface area (Å²) in [6.07, 6.45) is 0. The predicted octanol–water partition coefficient (Wildman–Crippen LogP) is 2.72. The van der Waals surface area contributed by atoms with Gasteiger partial charge in [0.25, 0.3) is 5.69 Å². The first-order valence-corrected chi connectivity index (χ1v) is 9.42. The summed E-state index contributed by atoms with van der Waals surface area (Å²) >= 11 is 1.76. The summed E-state index contributed by atoms with van der Waals surface area (Å²) in [6.45, 7) is 6.41. The van der Waals surface area contributed by atoms with Gasteiger partial charge in [-0.1, -0.05) is 18.2 Å². The fraction of sp³-hybridized carbons (Fsp3) is 0.389. The van der Waals surface area contributed by atoms with Crippen LogP contribution in [0.25, 0.3) is 0 Å². The van der Waals surface area contributed by atoms with Gasteiger partial charge in [-0.25, -0.2) is 0 Å². The molecular formula is C18H22N4O3S. The highest BCUT2D eigenvalue weighted by Crippen LogP contribution is 2.27. The standard InChI is InChI=1S/C18H22N4O3S/c1-14-4-2-6-16(22(24)25)18(14)19-17(23)13-21-9-7-20(8-10-21)12-15-5-3-11-26-15/h2-6,11H,7-10,12-13H2,1H3,(H,19,23). The number of hydrogen-bond acceptors (Lipinski definition) is 6. The molecule has 3 rings (SSSR count). The molecule has 1 aromatic carbocycles. The average molecular weight is 374 g/mol. The van der Waals surface area contributed by atoms with E-state index >= 15 is 0 Å². The Hall–Kier alpha value is -2.29. The van der Waals surface area contributed by atoms with Gasteiger partial charge < -0.3 is 5.32 Å². The molecule has 1 aromatic heterocycles. The van der Waals surface area contributed by atoms with Gasteiger partial charge in [-0.15, -0.1) is 11.3 Å². The van der Waals surface area contributed by atoms with Crippen molar-refractivity contribution in [2.75, 3.05) is 38.0 Å². The lowest BCUT2D eigenvalue weighted by atomic mass is 10.1. The van der Waals surface area contributed by atoms with Gasteiger partial charge in [-0.3, -0.25) is 24.7 Å². The molecule has 1 fully saturated rings. The lowest BCUT2D eigenvalue weighted by Crippen LogP contribution is -2.48. The lowest BCUT2D eigenvalue weighted by molar-refractivity contribution is -0.384. The monoisotopic (exact) mass is 374 g/mol. The topological polar surface area (TPSA) is 78.7 Å². The zero-order chi connectivity index (χ0) is 18.5. The fourth-order valence-corrected chi connectivity index (χ4v) is 3.82. The first-order valence-electron chi connectivity index (χ1n) is 8.54. The second-order valence-electron chi connectivity index (χ2n) is 6.41. The van der Waals surface area contributed by atoms with E-state index in [1.807, 2.05) is 0 Å². The van der Waals surface area contributed by atoms with Crippen LogP contribution in [0.5, 0.6) is 0 Å². The third-order valence-corrected chi connectivity index (χ3v) is 5.36. The summed E-state index contributed by atoms with van der Waals surface area (Å²) in [5, 5.41) is 16.0. The number of para-hydroxylation sites is 1. The van der Waals surface area contributed by atoms with E-state index in [2.05, 4.69) is 32.6 Å². The fourth-order valence-electron chi connectivity index (χ4n) is 3.08. The SMILES string of the molecule is Cc1cccc([N+](=O)[O-])c1NC(=O)CN1CCN(Cc2cccs2)CC1. The van der Waals surface area contributed by atoms with E-state index in [1.54, 1.807) is 30.4 Å². The van der Waals surface area contributed by atoms with E-state index in [0.29, 0.717) is 11.3 Å². The van der Waals surface area contributed by atoms with Crippen molar-refractivity contribution in [3.8, 4) is 0 Å². The van der Waals surface area contributed by atoms with Crippen LogP contribution in [0.1, 0.15) is 10.4 Å². The molecule has 1 aliphatic rings. The maximum absolute atomic E-state index is 12.4. The van der Waals surface area contributed by atoms with Crippen molar-refractivity contribution in [1.82, 2.24) is 9.80 Å². The van der Waals surface area contributed by atoms with Crippen molar-refractivity contribution in [2.24, 2.45) is 0 Å². The van der Waals surface area contributed by atoms with Crippen molar-refractivity contribution in [3.63, 3.8) is 0 Å². The number of piperazine rings is 1. The van der Waals surface area contributed by atoms with Gasteiger partial charge in [0, 0.05) is 43.7 Å². The predicted molar refractivity (Wildman–Crippen MR) is 102 cm³/mol. The molecule has 0 aliphatic carbocycles. The van der Waals surface area contributed by atoms with Crippen LogP contribution in [0.2, 0.25) is 0 Å². The minimum atomic E-state index is -0.466. The number of nitrogens with one attached hydrogen (secondary N) is 1. The quantitative estimate of drug-likeness (QED) is 0.621. The highest BCUT2D eigenvalue weighted by atomic mass is 32.1. The van der Waals surface area contributed by atoms with Crippen molar-refractivity contribution in [2.45, 2.75) is 13.5 Å². The van der Waals surface area contributed by atoms with Crippen LogP contribution in [-0.4, -0.2) is 53.4 Å². The van der Waals surface area contributed by atoms with Crippen LogP contribution >= 0.6 is 11.3 Å². The molecule has 2 aromatic rings. The van der Waals surface area contributed by atoms with Crippen LogP contribution < -0.4 is 5.32 Å². The van der Waals surface area contributed by atoms with E-state index in [4.69, 9.17) is 0 Å². The number of hydrogen-bond donors (Lipinski definition) is 1. The second kappa shape index (κ2) is 8.39. The molecular weight excluding hydrogens is 352 g/mol. The molecule has 2 heterocycles. The Morgan fingerprint density at radius 2 is 1.92 bits per heavy atom. The van der Waals surface area contributed by atoms with Crippen molar-refractivity contribution >= 4 is 28.6 Å². The highest BCUT2D eigenvalue weighted by Gasteiger charge is 2.22. The van der Waals surface area contributed by atoms with Crippen LogP contribution in [-0.2, 0) is 11.3 Å². The summed E-state index contributed by atoms with van der Waals surface area (Å²) in [4.78, 5) is 28.9. The van der Waals surface area contributed by atoms with E-state index in [1.165, 1.54) is 10.9 Å². The summed E-state index contributed by atoms with van der Waals surface area (Å²) in [6, 6.07) is 8.98. The minimum Gasteiger partial charge on any atom is -0.319 e. The summed E-state index contributed by atoms with van der Waals surface area (Å²) in [5.74, 6) is -0.214. The number of benzene rings is 1. The zero-order valence-electron chi connectivity index (χ0n) is 14.7. The third-order valence-electron chi connectivity index (χ3n) is 4.50. The Labute approximate surface area is 156 Å². The van der Waals surface area contributed by atoms with E-state index in [0.717, 1.165) is 32.7 Å². The number of nitro benzene ring substituents is 1. The Morgan fingerprint density at radius 1 is 1.19 bits per heavy atom. The molecule has 1 saturated heterocycles. The Kier molecular flexibility index (Phi) is 5.97. The maximum Gasteiger partial charge on any atom is 0.293 e. The van der Waals surface area contributed by atoms with Crippen LogP contribution in [0.4, 0.5) is 11.4 Å². The first-order chi connectivity index (χ1) is 12.5. The van der Waals surface area contributed by atoms with Crippen LogP contribution in [0, 0.1) is 17.0 Å². The molecule has 0 unspecified atom stereocenters. The van der Waals surface area contributed by atoms with Crippen molar-refractivity contribution < 1.29 is 9.72 Å². The van der Waals surface area contributed by atoms with Crippen LogP contribution in [0.3, 0.4) is 0 Å². The molecule has 1 amide bonds. The van der Waals surface area contributed by atoms with Gasteiger partial charge in [0.05, 0.1) is 11.5 Å². The number of nitrogens with zero attached hydrogens (tertiary/aromatic N) is 3. The number of amides is 1. The van der Waals surface area contributed by atoms with Gasteiger partial charge in [0.1, 0.15) is 5.69 Å². The maximum atomic E-state index is 12.4. The molecule has 0 radical (unpaired) electrons. The summed E-state index contributed by atoms with van der Waals surface area (Å²) < 4.78 is 0. The summed E-state index contributed by atoms with van der Waals surface area (Å²) in [5.41, 5.74) is 0.909. The molecule has 1 N–H and O–H groups in total. The molecule has 0 spiro atoms. The zero-order valence-corrected chi connectivity index (χ0v) is 15.5. The van der Waals surface area contributed by atoms with Gasteiger partial charge in [-0.2, -0.15) is 0 Å². The highest BCUT2D eigenvalue weighted by molar-refractivity contribution is 7.09. The summed E-state index contributed by atoms with van der Waals surface area (Å²) in [7, 11) is 0. The number of nitro groups is 1. The minimum absolute atomic E-state index is 0.0703. The Morgan fingerprint density at radius 3 is 2.58 bits per heavy atom. The van der Waals surface area contributed by atoms with Gasteiger partial charge in [-0.05, 0) is 23.9 Å². The van der Waals surface area contributed by atoms with Crippen molar-refractivity contribution in [3.05, 3.63) is 56.3 Å². The molecule has 8 heteroatoms. The Bertz CT molecular complexity index is 771. The number of rotatable bonds is 6. The van der Waals surface area contributed by atoms with Crippen LogP contribution in [0.15, 0.2) is 35.7 Å². The van der Waals surface area contributed by atoms with Gasteiger partial charge in [0.2, 0.25) is 5.91 Å². The second-order valence-corrected chi connectivity index (χ2v) is 7.44. The average Bonchev–Trinajstić information content (AvgIpc) is 3.11. The molecule has 138 valence electrons.